The normalized spacial score (nSPS) is 22.8. The zero-order chi connectivity index (χ0) is 11.1. The van der Waals surface area contributed by atoms with Crippen LogP contribution >= 0.6 is 11.8 Å². The smallest absolute Gasteiger partial charge is 0.0223 e. The third-order valence-electron chi connectivity index (χ3n) is 3.25. The predicted octanol–water partition coefficient (Wildman–Crippen LogP) is 2.16. The maximum absolute atomic E-state index is 2.63. The van der Waals surface area contributed by atoms with Crippen LogP contribution in [0.25, 0.3) is 0 Å². The van der Waals surface area contributed by atoms with E-state index in [0.717, 1.165) is 6.04 Å². The SMILES string of the molecule is CCSCCN(C)CC1CCCN1CC. The number of nitrogens with zero attached hydrogens (tertiary/aromatic N) is 2. The molecule has 0 saturated carbocycles. The van der Waals surface area contributed by atoms with E-state index < -0.39 is 0 Å². The molecular formula is C12H26N2S. The van der Waals surface area contributed by atoms with Crippen LogP contribution in [0.3, 0.4) is 0 Å². The van der Waals surface area contributed by atoms with E-state index in [1.165, 1.54) is 50.5 Å². The summed E-state index contributed by atoms with van der Waals surface area (Å²) >= 11 is 2.05. The molecule has 0 radical (unpaired) electrons. The molecule has 0 bridgehead atoms. The van der Waals surface area contributed by atoms with Crippen molar-refractivity contribution < 1.29 is 0 Å². The second-order valence-corrected chi connectivity index (χ2v) is 5.78. The molecule has 0 aromatic rings. The van der Waals surface area contributed by atoms with Gasteiger partial charge in [-0.3, -0.25) is 4.90 Å². The highest BCUT2D eigenvalue weighted by molar-refractivity contribution is 7.99. The third kappa shape index (κ3) is 4.75. The number of likely N-dealkylation sites (tertiary alicyclic amines) is 1. The monoisotopic (exact) mass is 230 g/mol. The molecule has 2 nitrogen and oxygen atoms in total. The molecule has 1 rings (SSSR count). The fourth-order valence-electron chi connectivity index (χ4n) is 2.33. The van der Waals surface area contributed by atoms with Gasteiger partial charge in [0.15, 0.2) is 0 Å². The Morgan fingerprint density at radius 2 is 2.20 bits per heavy atom. The molecule has 1 atom stereocenters. The minimum atomic E-state index is 0.826. The molecule has 1 saturated heterocycles. The topological polar surface area (TPSA) is 6.48 Å². The van der Waals surface area contributed by atoms with Crippen LogP contribution in [0.5, 0.6) is 0 Å². The van der Waals surface area contributed by atoms with Crippen molar-refractivity contribution in [2.45, 2.75) is 32.7 Å². The van der Waals surface area contributed by atoms with Gasteiger partial charge in [-0.05, 0) is 38.7 Å². The van der Waals surface area contributed by atoms with Crippen molar-refractivity contribution in [1.82, 2.24) is 9.80 Å². The first-order valence-electron chi connectivity index (χ1n) is 6.28. The lowest BCUT2D eigenvalue weighted by Gasteiger charge is -2.27. The van der Waals surface area contributed by atoms with Crippen LogP contribution in [0.2, 0.25) is 0 Å². The lowest BCUT2D eigenvalue weighted by Crippen LogP contribution is -2.39. The average molecular weight is 230 g/mol. The summed E-state index contributed by atoms with van der Waals surface area (Å²) in [6, 6.07) is 0.826. The molecule has 1 aliphatic rings. The number of hydrogen-bond donors (Lipinski definition) is 0. The quantitative estimate of drug-likeness (QED) is 0.619. The average Bonchev–Trinajstić information content (AvgIpc) is 2.65. The van der Waals surface area contributed by atoms with Crippen LogP contribution in [0.4, 0.5) is 0 Å². The van der Waals surface area contributed by atoms with Crippen LogP contribution in [0.15, 0.2) is 0 Å². The van der Waals surface area contributed by atoms with Crippen molar-refractivity contribution in [3.63, 3.8) is 0 Å². The highest BCUT2D eigenvalue weighted by Gasteiger charge is 2.23. The maximum Gasteiger partial charge on any atom is 0.0223 e. The Morgan fingerprint density at radius 1 is 1.40 bits per heavy atom. The number of likely N-dealkylation sites (N-methyl/N-ethyl adjacent to an activating group) is 2. The highest BCUT2D eigenvalue weighted by Crippen LogP contribution is 2.17. The third-order valence-corrected chi connectivity index (χ3v) is 4.13. The largest absolute Gasteiger partial charge is 0.304 e. The fourth-order valence-corrected chi connectivity index (χ4v) is 3.06. The van der Waals surface area contributed by atoms with Gasteiger partial charge in [0.2, 0.25) is 0 Å². The Labute approximate surface area is 99.4 Å². The minimum absolute atomic E-state index is 0.826. The van der Waals surface area contributed by atoms with Gasteiger partial charge >= 0.3 is 0 Å². The fraction of sp³-hybridized carbons (Fsp3) is 1.00. The zero-order valence-electron chi connectivity index (χ0n) is 10.5. The van der Waals surface area contributed by atoms with Crippen molar-refractivity contribution >= 4 is 11.8 Å². The molecule has 0 spiro atoms. The molecule has 1 heterocycles. The number of rotatable bonds is 7. The van der Waals surface area contributed by atoms with E-state index in [0.29, 0.717) is 0 Å². The lowest BCUT2D eigenvalue weighted by atomic mass is 10.2. The Morgan fingerprint density at radius 3 is 2.87 bits per heavy atom. The second kappa shape index (κ2) is 7.53. The summed E-state index contributed by atoms with van der Waals surface area (Å²) in [4.78, 5) is 5.13. The van der Waals surface area contributed by atoms with Gasteiger partial charge < -0.3 is 4.90 Å². The highest BCUT2D eigenvalue weighted by atomic mass is 32.2. The van der Waals surface area contributed by atoms with Crippen LogP contribution < -0.4 is 0 Å². The molecule has 0 aromatic carbocycles. The number of thioether (sulfide) groups is 1. The van der Waals surface area contributed by atoms with Gasteiger partial charge in [0.25, 0.3) is 0 Å². The van der Waals surface area contributed by atoms with Gasteiger partial charge in [0.05, 0.1) is 0 Å². The van der Waals surface area contributed by atoms with Gasteiger partial charge in [-0.1, -0.05) is 13.8 Å². The van der Waals surface area contributed by atoms with E-state index in [1.807, 2.05) is 11.8 Å². The summed E-state index contributed by atoms with van der Waals surface area (Å²) < 4.78 is 0. The van der Waals surface area contributed by atoms with Crippen LogP contribution in [-0.2, 0) is 0 Å². The van der Waals surface area contributed by atoms with Gasteiger partial charge in [0.1, 0.15) is 0 Å². The Balaban J connectivity index is 2.15. The standard InChI is InChI=1S/C12H26N2S/c1-4-14-8-6-7-12(14)11-13(3)9-10-15-5-2/h12H,4-11H2,1-3H3. The Kier molecular flexibility index (Phi) is 6.69. The molecule has 0 aliphatic carbocycles. The van der Waals surface area contributed by atoms with Crippen molar-refractivity contribution in [1.29, 1.82) is 0 Å². The summed E-state index contributed by atoms with van der Waals surface area (Å²) in [7, 11) is 2.27. The summed E-state index contributed by atoms with van der Waals surface area (Å²) in [5.74, 6) is 2.53. The first kappa shape index (κ1) is 13.3. The van der Waals surface area contributed by atoms with Crippen LogP contribution in [0, 0.1) is 0 Å². The number of hydrogen-bond acceptors (Lipinski definition) is 3. The molecule has 3 heteroatoms. The van der Waals surface area contributed by atoms with Crippen molar-refractivity contribution in [2.24, 2.45) is 0 Å². The summed E-state index contributed by atoms with van der Waals surface area (Å²) in [6.07, 6.45) is 2.80. The van der Waals surface area contributed by atoms with Gasteiger partial charge in [-0.2, -0.15) is 11.8 Å². The van der Waals surface area contributed by atoms with E-state index in [2.05, 4.69) is 30.7 Å². The molecule has 0 aromatic heterocycles. The predicted molar refractivity (Wildman–Crippen MR) is 70.8 cm³/mol. The minimum Gasteiger partial charge on any atom is -0.304 e. The summed E-state index contributed by atoms with van der Waals surface area (Å²) in [6.45, 7) is 9.57. The van der Waals surface area contributed by atoms with Gasteiger partial charge in [-0.15, -0.1) is 0 Å². The van der Waals surface area contributed by atoms with Crippen molar-refractivity contribution in [3.8, 4) is 0 Å². The van der Waals surface area contributed by atoms with Gasteiger partial charge in [-0.25, -0.2) is 0 Å². The molecule has 0 amide bonds. The molecule has 90 valence electrons. The van der Waals surface area contributed by atoms with Crippen molar-refractivity contribution in [2.75, 3.05) is 44.7 Å². The zero-order valence-corrected chi connectivity index (χ0v) is 11.4. The second-order valence-electron chi connectivity index (χ2n) is 4.38. The maximum atomic E-state index is 2.63. The first-order valence-corrected chi connectivity index (χ1v) is 7.43. The lowest BCUT2D eigenvalue weighted by molar-refractivity contribution is 0.204. The summed E-state index contributed by atoms with van der Waals surface area (Å²) in [5.41, 5.74) is 0. The molecule has 1 fully saturated rings. The van der Waals surface area contributed by atoms with E-state index in [4.69, 9.17) is 0 Å². The summed E-state index contributed by atoms with van der Waals surface area (Å²) in [5, 5.41) is 0. The van der Waals surface area contributed by atoms with Crippen LogP contribution in [-0.4, -0.2) is 60.6 Å². The molecule has 1 unspecified atom stereocenters. The van der Waals surface area contributed by atoms with Gasteiger partial charge in [0, 0.05) is 24.9 Å². The van der Waals surface area contributed by atoms with Crippen LogP contribution in [0.1, 0.15) is 26.7 Å². The first-order chi connectivity index (χ1) is 7.27. The molecule has 0 N–H and O–H groups in total. The van der Waals surface area contributed by atoms with E-state index in [-0.39, 0.29) is 0 Å². The Bertz CT molecular complexity index is 164. The van der Waals surface area contributed by atoms with E-state index >= 15 is 0 Å². The molecular weight excluding hydrogens is 204 g/mol. The van der Waals surface area contributed by atoms with E-state index in [1.54, 1.807) is 0 Å². The Hall–Kier alpha value is 0.270. The molecule has 15 heavy (non-hydrogen) atoms. The van der Waals surface area contributed by atoms with Crippen molar-refractivity contribution in [3.05, 3.63) is 0 Å². The van der Waals surface area contributed by atoms with E-state index in [9.17, 15) is 0 Å². The molecule has 1 aliphatic heterocycles.